The molecule has 0 aromatic carbocycles. The lowest BCUT2D eigenvalue weighted by Crippen LogP contribution is -2.27. The van der Waals surface area contributed by atoms with Crippen LogP contribution in [0.3, 0.4) is 0 Å². The topological polar surface area (TPSA) is 44.1 Å². The molecule has 116 valence electrons. The number of hydrogen-bond acceptors (Lipinski definition) is 3. The number of pyridine rings is 1. The minimum absolute atomic E-state index is 0.00240. The van der Waals surface area contributed by atoms with Crippen LogP contribution in [0.4, 0.5) is 0 Å². The van der Waals surface area contributed by atoms with Gasteiger partial charge in [-0.25, -0.2) is 0 Å². The summed E-state index contributed by atoms with van der Waals surface area (Å²) in [6, 6.07) is 3.98. The molecule has 0 fully saturated rings. The summed E-state index contributed by atoms with van der Waals surface area (Å²) < 4.78 is 7.69. The third-order valence-corrected chi connectivity index (χ3v) is 4.14. The van der Waals surface area contributed by atoms with Crippen molar-refractivity contribution in [3.05, 3.63) is 41.5 Å². The Morgan fingerprint density at radius 1 is 1.27 bits per heavy atom. The van der Waals surface area contributed by atoms with Gasteiger partial charge in [-0.2, -0.15) is 0 Å². The molecule has 0 aliphatic heterocycles. The molecular weight excluding hydrogens is 276 g/mol. The van der Waals surface area contributed by atoms with Crippen LogP contribution in [0, 0.1) is 12.3 Å². The lowest BCUT2D eigenvalue weighted by molar-refractivity contribution is 0.0911. The second-order valence-electron chi connectivity index (χ2n) is 6.73. The first-order valence-electron chi connectivity index (χ1n) is 7.74. The first kappa shape index (κ1) is 14.8. The fourth-order valence-corrected chi connectivity index (χ4v) is 3.29. The number of aromatic nitrogens is 2. The molecule has 22 heavy (non-hydrogen) atoms. The van der Waals surface area contributed by atoms with Crippen molar-refractivity contribution >= 4 is 5.78 Å². The number of Topliss-reactive ketones (excluding diaryl/α,β-unsaturated/α-hetero) is 1. The van der Waals surface area contributed by atoms with Crippen molar-refractivity contribution in [2.24, 2.45) is 5.41 Å². The highest BCUT2D eigenvalue weighted by Crippen LogP contribution is 2.37. The number of fused-ring (bicyclic) bond motifs is 1. The molecule has 1 aliphatic carbocycles. The van der Waals surface area contributed by atoms with Crippen molar-refractivity contribution in [2.45, 2.75) is 40.5 Å². The number of nitrogens with zero attached hydrogens (tertiary/aromatic N) is 2. The fourth-order valence-electron chi connectivity index (χ4n) is 3.29. The van der Waals surface area contributed by atoms with Gasteiger partial charge in [-0.05, 0) is 31.7 Å². The van der Waals surface area contributed by atoms with Gasteiger partial charge in [0.15, 0.2) is 5.78 Å². The summed E-state index contributed by atoms with van der Waals surface area (Å²) >= 11 is 0. The van der Waals surface area contributed by atoms with Gasteiger partial charge in [0.25, 0.3) is 0 Å². The Balaban J connectivity index is 2.13. The van der Waals surface area contributed by atoms with Gasteiger partial charge in [0.2, 0.25) is 0 Å². The predicted molar refractivity (Wildman–Crippen MR) is 85.9 cm³/mol. The Bertz CT molecular complexity index is 729. The van der Waals surface area contributed by atoms with Crippen molar-refractivity contribution in [1.29, 1.82) is 0 Å². The van der Waals surface area contributed by atoms with E-state index in [1.807, 2.05) is 32.2 Å². The molecule has 4 nitrogen and oxygen atoms in total. The molecule has 0 spiro atoms. The number of hydrogen-bond donors (Lipinski definition) is 0. The molecule has 0 amide bonds. The van der Waals surface area contributed by atoms with Crippen LogP contribution in [0.5, 0.6) is 5.75 Å². The van der Waals surface area contributed by atoms with Crippen LogP contribution in [0.1, 0.15) is 48.9 Å². The normalized spacial score (nSPS) is 16.5. The molecular formula is C18H22N2O2. The maximum atomic E-state index is 12.4. The van der Waals surface area contributed by atoms with Gasteiger partial charge in [-0.3, -0.25) is 9.78 Å². The summed E-state index contributed by atoms with van der Waals surface area (Å²) in [6.07, 6.45) is 5.04. The first-order chi connectivity index (χ1) is 10.4. The zero-order valence-electron chi connectivity index (χ0n) is 13.6. The molecule has 1 aliphatic rings. The van der Waals surface area contributed by atoms with Gasteiger partial charge in [0, 0.05) is 29.4 Å². The lowest BCUT2D eigenvalue weighted by Gasteiger charge is -2.29. The van der Waals surface area contributed by atoms with E-state index in [1.165, 1.54) is 0 Å². The SMILES string of the molecule is CCOc1cncc(-n2c(C)cc3c2CC(C)(C)CC3=O)c1. The molecule has 2 aromatic heterocycles. The van der Waals surface area contributed by atoms with Gasteiger partial charge in [0.1, 0.15) is 5.75 Å². The van der Waals surface area contributed by atoms with E-state index >= 15 is 0 Å². The highest BCUT2D eigenvalue weighted by atomic mass is 16.5. The molecule has 0 saturated heterocycles. The lowest BCUT2D eigenvalue weighted by atomic mass is 9.76. The number of ketones is 1. The standard InChI is InChI=1S/C18H22N2O2/c1-5-22-14-7-13(10-19-11-14)20-12(2)6-15-16(20)8-18(3,4)9-17(15)21/h6-7,10-11H,5,8-9H2,1-4H3. The Morgan fingerprint density at radius 2 is 2.05 bits per heavy atom. The second-order valence-corrected chi connectivity index (χ2v) is 6.73. The van der Waals surface area contributed by atoms with E-state index in [4.69, 9.17) is 4.74 Å². The van der Waals surface area contributed by atoms with Crippen LogP contribution in [-0.4, -0.2) is 21.9 Å². The summed E-state index contributed by atoms with van der Waals surface area (Å²) in [5.74, 6) is 0.991. The summed E-state index contributed by atoms with van der Waals surface area (Å²) in [7, 11) is 0. The Hall–Kier alpha value is -2.10. The number of aryl methyl sites for hydroxylation is 1. The van der Waals surface area contributed by atoms with Gasteiger partial charge in [-0.15, -0.1) is 0 Å². The van der Waals surface area contributed by atoms with Crippen molar-refractivity contribution < 1.29 is 9.53 Å². The molecule has 0 atom stereocenters. The quantitative estimate of drug-likeness (QED) is 0.867. The first-order valence-corrected chi connectivity index (χ1v) is 7.74. The fraction of sp³-hybridized carbons (Fsp3) is 0.444. The highest BCUT2D eigenvalue weighted by molar-refractivity contribution is 5.99. The second kappa shape index (κ2) is 5.27. The minimum atomic E-state index is -0.00240. The maximum Gasteiger partial charge on any atom is 0.165 e. The van der Waals surface area contributed by atoms with E-state index in [0.29, 0.717) is 13.0 Å². The van der Waals surface area contributed by atoms with Crippen molar-refractivity contribution in [1.82, 2.24) is 9.55 Å². The van der Waals surface area contributed by atoms with Crippen LogP contribution < -0.4 is 4.74 Å². The molecule has 0 bridgehead atoms. The zero-order valence-corrected chi connectivity index (χ0v) is 13.6. The monoisotopic (exact) mass is 298 g/mol. The van der Waals surface area contributed by atoms with Crippen LogP contribution in [-0.2, 0) is 6.42 Å². The van der Waals surface area contributed by atoms with Crippen molar-refractivity contribution in [3.63, 3.8) is 0 Å². The molecule has 0 N–H and O–H groups in total. The number of carbonyl (C=O) groups excluding carboxylic acids is 1. The molecule has 3 rings (SSSR count). The van der Waals surface area contributed by atoms with Gasteiger partial charge in [-0.1, -0.05) is 13.8 Å². The van der Waals surface area contributed by atoms with Crippen LogP contribution >= 0.6 is 0 Å². The van der Waals surface area contributed by atoms with Crippen molar-refractivity contribution in [3.8, 4) is 11.4 Å². The molecule has 0 radical (unpaired) electrons. The van der Waals surface area contributed by atoms with E-state index in [0.717, 1.165) is 34.8 Å². The molecule has 2 heterocycles. The molecule has 0 saturated carbocycles. The van der Waals surface area contributed by atoms with E-state index < -0.39 is 0 Å². The molecule has 2 aromatic rings. The zero-order chi connectivity index (χ0) is 15.9. The highest BCUT2D eigenvalue weighted by Gasteiger charge is 2.34. The largest absolute Gasteiger partial charge is 0.492 e. The molecule has 0 unspecified atom stereocenters. The van der Waals surface area contributed by atoms with E-state index in [1.54, 1.807) is 6.20 Å². The average Bonchev–Trinajstić information content (AvgIpc) is 2.75. The maximum absolute atomic E-state index is 12.4. The van der Waals surface area contributed by atoms with Crippen LogP contribution in [0.2, 0.25) is 0 Å². The summed E-state index contributed by atoms with van der Waals surface area (Å²) in [5, 5.41) is 0. The Kier molecular flexibility index (Phi) is 3.55. The third kappa shape index (κ3) is 2.54. The van der Waals surface area contributed by atoms with Gasteiger partial charge >= 0.3 is 0 Å². The average molecular weight is 298 g/mol. The summed E-state index contributed by atoms with van der Waals surface area (Å²) in [5.41, 5.74) is 3.96. The smallest absolute Gasteiger partial charge is 0.165 e. The van der Waals surface area contributed by atoms with Crippen molar-refractivity contribution in [2.75, 3.05) is 6.61 Å². The van der Waals surface area contributed by atoms with E-state index in [-0.39, 0.29) is 11.2 Å². The predicted octanol–water partition coefficient (Wildman–Crippen LogP) is 3.73. The summed E-state index contributed by atoms with van der Waals surface area (Å²) in [6.45, 7) is 8.90. The Labute approximate surface area is 131 Å². The van der Waals surface area contributed by atoms with E-state index in [9.17, 15) is 4.79 Å². The van der Waals surface area contributed by atoms with Crippen LogP contribution in [0.25, 0.3) is 5.69 Å². The van der Waals surface area contributed by atoms with Crippen LogP contribution in [0.15, 0.2) is 24.5 Å². The summed E-state index contributed by atoms with van der Waals surface area (Å²) in [4.78, 5) is 16.7. The third-order valence-electron chi connectivity index (χ3n) is 4.14. The van der Waals surface area contributed by atoms with E-state index in [2.05, 4.69) is 23.4 Å². The van der Waals surface area contributed by atoms with Gasteiger partial charge < -0.3 is 9.30 Å². The number of ether oxygens (including phenoxy) is 1. The number of rotatable bonds is 3. The molecule has 4 heteroatoms. The Morgan fingerprint density at radius 3 is 2.77 bits per heavy atom. The minimum Gasteiger partial charge on any atom is -0.492 e. The number of carbonyl (C=O) groups is 1. The van der Waals surface area contributed by atoms with Gasteiger partial charge in [0.05, 0.1) is 24.7 Å².